The molecule has 3 heterocycles. The number of nitrogens with zero attached hydrogens (tertiary/aromatic N) is 3. The van der Waals surface area contributed by atoms with Crippen LogP contribution in [-0.4, -0.2) is 14.5 Å². The number of imidazole rings is 1. The molecule has 0 amide bonds. The van der Waals surface area contributed by atoms with E-state index < -0.39 is 20.6 Å². The molecule has 5 heteroatoms. The van der Waals surface area contributed by atoms with Crippen LogP contribution in [0.1, 0.15) is 79.7 Å². The number of pyridine rings is 1. The molecule has 309 valence electrons. The molecule has 0 saturated heterocycles. The van der Waals surface area contributed by atoms with Crippen LogP contribution in [0.25, 0.3) is 83.6 Å². The van der Waals surface area contributed by atoms with Crippen LogP contribution >= 0.6 is 0 Å². The summed E-state index contributed by atoms with van der Waals surface area (Å²) in [5.74, 6) is 1.39. The van der Waals surface area contributed by atoms with Crippen molar-refractivity contribution >= 4 is 33.0 Å². The van der Waals surface area contributed by atoms with E-state index in [9.17, 15) is 0 Å². The number of aryl methyl sites for hydroxylation is 3. The maximum atomic E-state index is 7.54. The number of hydrogen-bond acceptors (Lipinski definition) is 3. The first kappa shape index (κ1) is 32.3. The summed E-state index contributed by atoms with van der Waals surface area (Å²) in [4.78, 5) is 9.27. The standard InChI is InChI=1S/C43H35N2O.C14H14N.Ir/c1-27(2)36-25-32(31-23-21-30(22-24-31)29-13-6-5-7-14-29)26-37(28(3)4)41(36)45-39-19-10-9-18-38(39)44-43(45)35-17-12-16-34-33-15-8-11-20-40(33)46-42(34)35;1-10-4-6-13(7-5-10)14-8-11(2)12(3)9-15-14;/h5-16,18-28H,1-4H3;4-6,8-9H,1-3H3;/q2*-1;/i;1D3,2D3,3D3;. The Labute approximate surface area is 391 Å². The van der Waals surface area contributed by atoms with Gasteiger partial charge < -0.3 is 14.0 Å². The molecule has 0 unspecified atom stereocenters. The van der Waals surface area contributed by atoms with Gasteiger partial charge >= 0.3 is 0 Å². The van der Waals surface area contributed by atoms with Crippen LogP contribution in [0.2, 0.25) is 0 Å². The molecule has 3 aromatic heterocycles. The van der Waals surface area contributed by atoms with Gasteiger partial charge in [0.25, 0.3) is 0 Å². The van der Waals surface area contributed by atoms with Crippen LogP contribution in [0.5, 0.6) is 0 Å². The average molecular weight is 993 g/mol. The van der Waals surface area contributed by atoms with Gasteiger partial charge in [-0.3, -0.25) is 4.98 Å². The SMILES string of the molecule is CC(C)c1cc(-c2ccc(-c3ccccc3)cc2)cc(C(C)C)c1-n1c(-c2[c-]ccc3c2oc2ccccc23)nc2ccccc21.[2H]C([2H])([2H])c1c[c-]c(-c2cc(C([2H])([2H])[2H])c(C([2H])([2H])[2H])cn2)cc1.[Ir]. The van der Waals surface area contributed by atoms with Crippen molar-refractivity contribution in [2.75, 3.05) is 0 Å². The number of aromatic nitrogens is 3. The Kier molecular flexibility index (Phi) is 9.34. The fourth-order valence-corrected chi connectivity index (χ4v) is 7.93. The van der Waals surface area contributed by atoms with E-state index in [0.717, 1.165) is 50.6 Å². The smallest absolute Gasteiger partial charge is 0.120 e. The second-order valence-corrected chi connectivity index (χ2v) is 15.8. The van der Waals surface area contributed by atoms with Crippen LogP contribution in [0.4, 0.5) is 0 Å². The van der Waals surface area contributed by atoms with Gasteiger partial charge in [-0.2, -0.15) is 0 Å². The first-order valence-corrected chi connectivity index (χ1v) is 20.5. The molecule has 0 spiro atoms. The Balaban J connectivity index is 0.000000230. The zero-order chi connectivity index (χ0) is 49.7. The summed E-state index contributed by atoms with van der Waals surface area (Å²) >= 11 is 0. The number of para-hydroxylation sites is 3. The minimum absolute atomic E-state index is 0. The van der Waals surface area contributed by atoms with Gasteiger partial charge in [0.1, 0.15) is 5.58 Å². The van der Waals surface area contributed by atoms with Crippen LogP contribution in [-0.2, 0) is 20.1 Å². The molecule has 0 N–H and O–H groups in total. The van der Waals surface area contributed by atoms with E-state index in [1.165, 1.54) is 63.3 Å². The minimum Gasteiger partial charge on any atom is -0.501 e. The van der Waals surface area contributed by atoms with Crippen molar-refractivity contribution in [3.8, 4) is 50.6 Å². The fourth-order valence-electron chi connectivity index (χ4n) is 7.93. The van der Waals surface area contributed by atoms with Crippen LogP contribution in [0.3, 0.4) is 0 Å². The van der Waals surface area contributed by atoms with Gasteiger partial charge in [-0.25, -0.2) is 0 Å². The summed E-state index contributed by atoms with van der Waals surface area (Å²) in [5, 5.41) is 2.18. The molecule has 1 radical (unpaired) electrons. The first-order valence-electron chi connectivity index (χ1n) is 25.0. The van der Waals surface area contributed by atoms with Gasteiger partial charge in [-0.1, -0.05) is 142 Å². The van der Waals surface area contributed by atoms with Gasteiger partial charge in [-0.15, -0.1) is 53.6 Å². The monoisotopic (exact) mass is 993 g/mol. The summed E-state index contributed by atoms with van der Waals surface area (Å²) < 4.78 is 75.8. The third-order valence-corrected chi connectivity index (χ3v) is 11.1. The Bertz CT molecular complexity index is 3470. The molecule has 0 bridgehead atoms. The quantitative estimate of drug-likeness (QED) is 0.149. The summed E-state index contributed by atoms with van der Waals surface area (Å²) in [6.07, 6.45) is 1.02. The van der Waals surface area contributed by atoms with Gasteiger partial charge in [0.15, 0.2) is 0 Å². The number of hydrogen-bond donors (Lipinski definition) is 0. The zero-order valence-corrected chi connectivity index (χ0v) is 37.1. The van der Waals surface area contributed by atoms with E-state index in [4.69, 9.17) is 21.7 Å². The van der Waals surface area contributed by atoms with Crippen molar-refractivity contribution in [2.45, 2.75) is 60.1 Å². The van der Waals surface area contributed by atoms with Crippen molar-refractivity contribution in [3.63, 3.8) is 0 Å². The Morgan fingerprint density at radius 2 is 1.31 bits per heavy atom. The molecule has 0 aliphatic carbocycles. The molecule has 0 saturated carbocycles. The molecule has 7 aromatic carbocycles. The van der Waals surface area contributed by atoms with Crippen LogP contribution < -0.4 is 0 Å². The predicted molar refractivity (Wildman–Crippen MR) is 254 cm³/mol. The summed E-state index contributed by atoms with van der Waals surface area (Å²) in [6, 6.07) is 56.6. The molecule has 0 aliphatic heterocycles. The third-order valence-electron chi connectivity index (χ3n) is 11.1. The van der Waals surface area contributed by atoms with Gasteiger partial charge in [0.2, 0.25) is 0 Å². The minimum atomic E-state index is -2.61. The van der Waals surface area contributed by atoms with Crippen molar-refractivity contribution in [1.82, 2.24) is 14.5 Å². The van der Waals surface area contributed by atoms with Gasteiger partial charge in [-0.05, 0) is 101 Å². The number of fused-ring (bicyclic) bond motifs is 4. The van der Waals surface area contributed by atoms with Gasteiger partial charge in [0.05, 0.1) is 22.4 Å². The average Bonchev–Trinajstić information content (AvgIpc) is 3.92. The molecular formula is C57H49IrN3O-2. The van der Waals surface area contributed by atoms with E-state index in [-0.39, 0.29) is 54.3 Å². The Morgan fingerprint density at radius 1 is 0.629 bits per heavy atom. The van der Waals surface area contributed by atoms with Crippen molar-refractivity contribution in [2.24, 2.45) is 0 Å². The summed E-state index contributed by atoms with van der Waals surface area (Å²) in [6.45, 7) is 1.68. The predicted octanol–water partition coefficient (Wildman–Crippen LogP) is 15.4. The van der Waals surface area contributed by atoms with Gasteiger partial charge in [0, 0.05) is 49.7 Å². The van der Waals surface area contributed by atoms with E-state index in [1.54, 1.807) is 0 Å². The second kappa shape index (κ2) is 17.9. The molecule has 10 aromatic rings. The normalized spacial score (nSPS) is 14.1. The Morgan fingerprint density at radius 3 is 2.00 bits per heavy atom. The largest absolute Gasteiger partial charge is 0.501 e. The maximum absolute atomic E-state index is 7.54. The topological polar surface area (TPSA) is 43.9 Å². The molecule has 0 atom stereocenters. The zero-order valence-electron chi connectivity index (χ0n) is 43.7. The number of rotatable bonds is 7. The molecule has 4 nitrogen and oxygen atoms in total. The van der Waals surface area contributed by atoms with Crippen molar-refractivity contribution in [3.05, 3.63) is 198 Å². The Hall–Kier alpha value is -6.39. The molecular weight excluding hydrogens is 935 g/mol. The van der Waals surface area contributed by atoms with Crippen molar-refractivity contribution in [1.29, 1.82) is 0 Å². The van der Waals surface area contributed by atoms with Crippen molar-refractivity contribution < 1.29 is 36.9 Å². The third kappa shape index (κ3) is 8.19. The van der Waals surface area contributed by atoms with Crippen LogP contribution in [0, 0.1) is 32.7 Å². The summed E-state index contributed by atoms with van der Waals surface area (Å²) in [7, 11) is 0. The van der Waals surface area contributed by atoms with E-state index in [2.05, 4.69) is 159 Å². The second-order valence-electron chi connectivity index (χ2n) is 15.8. The fraction of sp³-hybridized carbons (Fsp3) is 0.158. The molecule has 0 fully saturated rings. The van der Waals surface area contributed by atoms with E-state index >= 15 is 0 Å². The molecule has 62 heavy (non-hydrogen) atoms. The molecule has 0 aliphatic rings. The maximum Gasteiger partial charge on any atom is 0.120 e. The van der Waals surface area contributed by atoms with E-state index in [0.29, 0.717) is 5.56 Å². The first-order chi connectivity index (χ1) is 33.3. The number of furan rings is 1. The number of benzene rings is 7. The van der Waals surface area contributed by atoms with Crippen LogP contribution in [0.15, 0.2) is 162 Å². The summed E-state index contributed by atoms with van der Waals surface area (Å²) in [5.41, 5.74) is 13.3. The molecule has 10 rings (SSSR count). The van der Waals surface area contributed by atoms with E-state index in [1.807, 2.05) is 18.2 Å².